The normalized spacial score (nSPS) is 14.1. The molecule has 2 aromatic rings. The fraction of sp³-hybridized carbons (Fsp3) is 0.263. The summed E-state index contributed by atoms with van der Waals surface area (Å²) in [6.07, 6.45) is 0. The highest BCUT2D eigenvalue weighted by molar-refractivity contribution is 7.80. The number of esters is 1. The minimum Gasteiger partial charge on any atom is -0.465 e. The molecule has 0 saturated carbocycles. The van der Waals surface area contributed by atoms with Crippen LogP contribution in [-0.4, -0.2) is 49.3 Å². The van der Waals surface area contributed by atoms with Gasteiger partial charge < -0.3 is 19.9 Å². The minimum atomic E-state index is -0.351. The van der Waals surface area contributed by atoms with Gasteiger partial charge in [-0.25, -0.2) is 4.79 Å². The van der Waals surface area contributed by atoms with Crippen LogP contribution in [0.2, 0.25) is 5.02 Å². The number of hydrogen-bond donors (Lipinski definition) is 1. The van der Waals surface area contributed by atoms with Gasteiger partial charge >= 0.3 is 5.97 Å². The van der Waals surface area contributed by atoms with Crippen molar-refractivity contribution < 1.29 is 9.53 Å². The summed E-state index contributed by atoms with van der Waals surface area (Å²) >= 11 is 11.6. The first-order chi connectivity index (χ1) is 12.6. The van der Waals surface area contributed by atoms with Crippen LogP contribution < -0.4 is 10.2 Å². The zero-order chi connectivity index (χ0) is 18.5. The van der Waals surface area contributed by atoms with Crippen molar-refractivity contribution in [2.24, 2.45) is 0 Å². The number of piperazine rings is 1. The van der Waals surface area contributed by atoms with Crippen LogP contribution in [0.1, 0.15) is 10.4 Å². The molecule has 1 aliphatic heterocycles. The van der Waals surface area contributed by atoms with E-state index in [1.54, 1.807) is 12.1 Å². The Morgan fingerprint density at radius 2 is 1.81 bits per heavy atom. The van der Waals surface area contributed by atoms with E-state index in [4.69, 9.17) is 28.6 Å². The molecule has 0 amide bonds. The SMILES string of the molecule is COC(=O)c1ccc(NC(=S)N2CCN(c3cccc(Cl)c3)CC2)cc1. The molecule has 0 aromatic heterocycles. The highest BCUT2D eigenvalue weighted by atomic mass is 35.5. The van der Waals surface area contributed by atoms with Crippen LogP contribution in [0.4, 0.5) is 11.4 Å². The van der Waals surface area contributed by atoms with Gasteiger partial charge in [0.2, 0.25) is 0 Å². The summed E-state index contributed by atoms with van der Waals surface area (Å²) in [5.74, 6) is -0.351. The molecule has 0 atom stereocenters. The average Bonchev–Trinajstić information content (AvgIpc) is 2.68. The minimum absolute atomic E-state index is 0.351. The molecule has 1 N–H and O–H groups in total. The molecule has 0 unspecified atom stereocenters. The van der Waals surface area contributed by atoms with Crippen molar-refractivity contribution in [2.75, 3.05) is 43.5 Å². The quantitative estimate of drug-likeness (QED) is 0.638. The number of ether oxygens (including phenoxy) is 1. The lowest BCUT2D eigenvalue weighted by Crippen LogP contribution is -2.50. The number of nitrogens with zero attached hydrogens (tertiary/aromatic N) is 2. The molecular formula is C19H20ClN3O2S. The number of carbonyl (C=O) groups is 1. The third kappa shape index (κ3) is 4.45. The highest BCUT2D eigenvalue weighted by Crippen LogP contribution is 2.21. The predicted molar refractivity (Wildman–Crippen MR) is 109 cm³/mol. The second-order valence-electron chi connectivity index (χ2n) is 5.95. The Hall–Kier alpha value is -2.31. The summed E-state index contributed by atoms with van der Waals surface area (Å²) < 4.78 is 4.70. The van der Waals surface area contributed by atoms with E-state index >= 15 is 0 Å². The van der Waals surface area contributed by atoms with E-state index in [2.05, 4.69) is 21.2 Å². The molecule has 0 bridgehead atoms. The molecule has 0 spiro atoms. The molecule has 136 valence electrons. The Labute approximate surface area is 163 Å². The van der Waals surface area contributed by atoms with E-state index in [1.807, 2.05) is 30.3 Å². The number of hydrogen-bond acceptors (Lipinski definition) is 4. The molecule has 26 heavy (non-hydrogen) atoms. The molecule has 5 nitrogen and oxygen atoms in total. The van der Waals surface area contributed by atoms with Gasteiger partial charge in [-0.15, -0.1) is 0 Å². The van der Waals surface area contributed by atoms with E-state index in [9.17, 15) is 4.79 Å². The second kappa shape index (κ2) is 8.38. The van der Waals surface area contributed by atoms with Crippen LogP contribution in [0.5, 0.6) is 0 Å². The standard InChI is InChI=1S/C19H20ClN3O2S/c1-25-18(24)14-5-7-16(8-6-14)21-19(26)23-11-9-22(10-12-23)17-4-2-3-15(20)13-17/h2-8,13H,9-12H2,1H3,(H,21,26). The molecular weight excluding hydrogens is 370 g/mol. The van der Waals surface area contributed by atoms with Crippen molar-refractivity contribution in [3.63, 3.8) is 0 Å². The lowest BCUT2D eigenvalue weighted by atomic mass is 10.2. The van der Waals surface area contributed by atoms with E-state index in [0.29, 0.717) is 10.7 Å². The van der Waals surface area contributed by atoms with Crippen LogP contribution in [0, 0.1) is 0 Å². The van der Waals surface area contributed by atoms with Crippen LogP contribution in [-0.2, 0) is 4.74 Å². The van der Waals surface area contributed by atoms with Crippen molar-refractivity contribution in [3.05, 3.63) is 59.1 Å². The first-order valence-corrected chi connectivity index (χ1v) is 9.10. The fourth-order valence-electron chi connectivity index (χ4n) is 2.85. The molecule has 2 aromatic carbocycles. The van der Waals surface area contributed by atoms with Gasteiger partial charge in [-0.05, 0) is 54.7 Å². The van der Waals surface area contributed by atoms with Crippen molar-refractivity contribution >= 4 is 46.3 Å². The zero-order valence-corrected chi connectivity index (χ0v) is 16.0. The van der Waals surface area contributed by atoms with Gasteiger partial charge in [0.15, 0.2) is 5.11 Å². The number of benzene rings is 2. The van der Waals surface area contributed by atoms with Gasteiger partial charge in [0.25, 0.3) is 0 Å². The third-order valence-corrected chi connectivity index (χ3v) is 4.89. The highest BCUT2D eigenvalue weighted by Gasteiger charge is 2.19. The molecule has 1 aliphatic rings. The van der Waals surface area contributed by atoms with Gasteiger partial charge in [-0.2, -0.15) is 0 Å². The maximum atomic E-state index is 11.5. The number of carbonyl (C=O) groups excluding carboxylic acids is 1. The monoisotopic (exact) mass is 389 g/mol. The molecule has 0 aliphatic carbocycles. The lowest BCUT2D eigenvalue weighted by Gasteiger charge is -2.37. The van der Waals surface area contributed by atoms with Crippen LogP contribution in [0.25, 0.3) is 0 Å². The molecule has 1 heterocycles. The number of methoxy groups -OCH3 is 1. The van der Waals surface area contributed by atoms with Crippen LogP contribution in [0.15, 0.2) is 48.5 Å². The van der Waals surface area contributed by atoms with Gasteiger partial charge in [-0.3, -0.25) is 0 Å². The van der Waals surface area contributed by atoms with E-state index < -0.39 is 0 Å². The number of thiocarbonyl (C=S) groups is 1. The predicted octanol–water partition coefficient (Wildman–Crippen LogP) is 3.65. The third-order valence-electron chi connectivity index (χ3n) is 4.30. The van der Waals surface area contributed by atoms with E-state index in [-0.39, 0.29) is 5.97 Å². The van der Waals surface area contributed by atoms with Crippen molar-refractivity contribution in [3.8, 4) is 0 Å². The van der Waals surface area contributed by atoms with Crippen LogP contribution >= 0.6 is 23.8 Å². The van der Waals surface area contributed by atoms with Gasteiger partial charge in [-0.1, -0.05) is 17.7 Å². The summed E-state index contributed by atoms with van der Waals surface area (Å²) in [6, 6.07) is 15.0. The Kier molecular flexibility index (Phi) is 5.96. The van der Waals surface area contributed by atoms with Crippen LogP contribution in [0.3, 0.4) is 0 Å². The molecule has 1 saturated heterocycles. The molecule has 0 radical (unpaired) electrons. The van der Waals surface area contributed by atoms with E-state index in [1.165, 1.54) is 7.11 Å². The number of nitrogens with one attached hydrogen (secondary N) is 1. The average molecular weight is 390 g/mol. The summed E-state index contributed by atoms with van der Waals surface area (Å²) in [6.45, 7) is 3.42. The molecule has 3 rings (SSSR count). The summed E-state index contributed by atoms with van der Waals surface area (Å²) in [5.41, 5.74) is 2.49. The first kappa shape index (κ1) is 18.5. The smallest absolute Gasteiger partial charge is 0.337 e. The van der Waals surface area contributed by atoms with Crippen molar-refractivity contribution in [1.82, 2.24) is 4.90 Å². The number of rotatable bonds is 3. The topological polar surface area (TPSA) is 44.8 Å². The Morgan fingerprint density at radius 3 is 2.42 bits per heavy atom. The summed E-state index contributed by atoms with van der Waals surface area (Å²) in [4.78, 5) is 15.9. The Morgan fingerprint density at radius 1 is 1.12 bits per heavy atom. The van der Waals surface area contributed by atoms with Crippen molar-refractivity contribution in [2.45, 2.75) is 0 Å². The lowest BCUT2D eigenvalue weighted by molar-refractivity contribution is 0.0601. The Balaban J connectivity index is 1.54. The Bertz CT molecular complexity index is 790. The molecule has 7 heteroatoms. The summed E-state index contributed by atoms with van der Waals surface area (Å²) in [7, 11) is 1.37. The number of halogens is 1. The molecule has 1 fully saturated rings. The van der Waals surface area contributed by atoms with E-state index in [0.717, 1.165) is 42.6 Å². The maximum absolute atomic E-state index is 11.5. The van der Waals surface area contributed by atoms with Gasteiger partial charge in [0.05, 0.1) is 12.7 Å². The van der Waals surface area contributed by atoms with Gasteiger partial charge in [0, 0.05) is 42.6 Å². The first-order valence-electron chi connectivity index (χ1n) is 8.31. The summed E-state index contributed by atoms with van der Waals surface area (Å²) in [5, 5.41) is 4.65. The largest absolute Gasteiger partial charge is 0.465 e. The van der Waals surface area contributed by atoms with Crippen molar-refractivity contribution in [1.29, 1.82) is 0 Å². The maximum Gasteiger partial charge on any atom is 0.337 e. The zero-order valence-electron chi connectivity index (χ0n) is 14.4. The fourth-order valence-corrected chi connectivity index (χ4v) is 3.34. The second-order valence-corrected chi connectivity index (χ2v) is 6.78. The number of anilines is 2. The van der Waals surface area contributed by atoms with Gasteiger partial charge in [0.1, 0.15) is 0 Å².